The van der Waals surface area contributed by atoms with E-state index in [1.54, 1.807) is 0 Å². The van der Waals surface area contributed by atoms with Crippen molar-refractivity contribution in [1.82, 2.24) is 0 Å². The van der Waals surface area contributed by atoms with Gasteiger partial charge in [0, 0.05) is 12.2 Å². The van der Waals surface area contributed by atoms with E-state index < -0.39 is 41.3 Å². The van der Waals surface area contributed by atoms with E-state index in [1.165, 1.54) is 0 Å². The Morgan fingerprint density at radius 3 is 1.71 bits per heavy atom. The smallest absolute Gasteiger partial charge is 0.490 e. The van der Waals surface area contributed by atoms with Crippen LogP contribution in [0.25, 0.3) is 11.1 Å². The molecule has 2 atom stereocenters. The normalized spacial score (nSPS) is 13.8. The van der Waals surface area contributed by atoms with Crippen molar-refractivity contribution < 1.29 is 53.3 Å². The van der Waals surface area contributed by atoms with E-state index in [-0.39, 0.29) is 26.4 Å². The molecule has 0 fully saturated rings. The third kappa shape index (κ3) is 8.07. The van der Waals surface area contributed by atoms with Crippen LogP contribution in [0.5, 0.6) is 5.75 Å². The molecule has 2 unspecified atom stereocenters. The highest BCUT2D eigenvalue weighted by Gasteiger charge is 2.46. The Balaban J connectivity index is 1.46. The van der Waals surface area contributed by atoms with E-state index in [9.17, 15) is 19.6 Å². The van der Waals surface area contributed by atoms with Crippen molar-refractivity contribution in [2.45, 2.75) is 37.1 Å². The summed E-state index contributed by atoms with van der Waals surface area (Å²) in [4.78, 5) is 38.7. The zero-order chi connectivity index (χ0) is 37.3. The zero-order valence-corrected chi connectivity index (χ0v) is 28.9. The molecular formula is C41H40O11. The van der Waals surface area contributed by atoms with Crippen LogP contribution in [0.1, 0.15) is 41.7 Å². The van der Waals surface area contributed by atoms with Crippen LogP contribution in [0.4, 0.5) is 4.79 Å². The molecule has 0 amide bonds. The molecule has 5 rings (SSSR count). The van der Waals surface area contributed by atoms with Crippen LogP contribution < -0.4 is 4.74 Å². The fraction of sp³-hybridized carbons (Fsp3) is 0.244. The van der Waals surface area contributed by atoms with Crippen molar-refractivity contribution in [3.05, 3.63) is 150 Å². The second kappa shape index (κ2) is 16.5. The molecule has 0 aromatic heterocycles. The van der Waals surface area contributed by atoms with E-state index in [4.69, 9.17) is 28.8 Å². The van der Waals surface area contributed by atoms with Crippen LogP contribution in [0.15, 0.2) is 122 Å². The molecule has 0 aliphatic heterocycles. The summed E-state index contributed by atoms with van der Waals surface area (Å²) in [6.45, 7) is 9.74. The van der Waals surface area contributed by atoms with Crippen molar-refractivity contribution in [2.75, 3.05) is 26.4 Å². The van der Waals surface area contributed by atoms with Gasteiger partial charge in [0.15, 0.2) is 6.10 Å². The maximum Gasteiger partial charge on any atom is 0.506 e. The number of fused-ring (bicyclic) bond motifs is 3. The molecule has 1 aliphatic rings. The van der Waals surface area contributed by atoms with Crippen molar-refractivity contribution in [2.24, 2.45) is 0 Å². The zero-order valence-electron chi connectivity index (χ0n) is 28.9. The van der Waals surface area contributed by atoms with Gasteiger partial charge in [0.1, 0.15) is 31.7 Å². The van der Waals surface area contributed by atoms with E-state index in [2.05, 4.69) is 54.4 Å². The molecule has 11 nitrogen and oxygen atoms in total. The quantitative estimate of drug-likeness (QED) is 0.0336. The fourth-order valence-corrected chi connectivity index (χ4v) is 6.36. The van der Waals surface area contributed by atoms with Crippen molar-refractivity contribution in [3.63, 3.8) is 0 Å². The molecule has 0 spiro atoms. The van der Waals surface area contributed by atoms with Gasteiger partial charge in [0.05, 0.1) is 17.6 Å². The summed E-state index contributed by atoms with van der Waals surface area (Å²) in [6, 6.07) is 32.3. The Bertz CT molecular complexity index is 1850. The fourth-order valence-electron chi connectivity index (χ4n) is 6.36. The van der Waals surface area contributed by atoms with Gasteiger partial charge in [-0.2, -0.15) is 0 Å². The highest BCUT2D eigenvalue weighted by atomic mass is 17.1. The van der Waals surface area contributed by atoms with Crippen molar-refractivity contribution in [3.8, 4) is 16.9 Å². The van der Waals surface area contributed by atoms with Gasteiger partial charge in [0.2, 0.25) is 0 Å². The minimum atomic E-state index is -1.52. The van der Waals surface area contributed by atoms with Gasteiger partial charge < -0.3 is 28.8 Å². The Morgan fingerprint density at radius 2 is 1.21 bits per heavy atom. The van der Waals surface area contributed by atoms with Crippen LogP contribution in [0.3, 0.4) is 0 Å². The van der Waals surface area contributed by atoms with Gasteiger partial charge in [-0.25, -0.2) is 19.3 Å². The standard InChI is InChI=1S/C41H40O11/c1-5-37(42)48-24-31(51-39(44)45)23-47-30-21-19-29(20-22-30)41(35-13-9-7-11-33(35)34-12-8-10-14-36(34)41)28-17-15-27(16-18-28)40(3,4)50-26-32(52-46)25-49-38(43)6-2/h5-22,31-32,46H,1-2,23-26H2,3-4H3,(H,44,45). The minimum absolute atomic E-state index is 0.0437. The number of rotatable bonds is 17. The van der Waals surface area contributed by atoms with Gasteiger partial charge in [-0.1, -0.05) is 98.1 Å². The summed E-state index contributed by atoms with van der Waals surface area (Å²) in [6.07, 6.45) is -1.46. The third-order valence-electron chi connectivity index (χ3n) is 8.89. The second-order valence-corrected chi connectivity index (χ2v) is 12.5. The molecule has 0 saturated heterocycles. The highest BCUT2D eigenvalue weighted by molar-refractivity contribution is 5.86. The van der Waals surface area contributed by atoms with Gasteiger partial charge in [-0.05, 0) is 64.9 Å². The topological polar surface area (TPSA) is 147 Å². The first-order chi connectivity index (χ1) is 25.0. The van der Waals surface area contributed by atoms with Crippen molar-refractivity contribution in [1.29, 1.82) is 0 Å². The molecule has 0 bridgehead atoms. The maximum absolute atomic E-state index is 11.5. The third-order valence-corrected chi connectivity index (χ3v) is 8.89. The monoisotopic (exact) mass is 708 g/mol. The van der Waals surface area contributed by atoms with Gasteiger partial charge in [0.25, 0.3) is 0 Å². The minimum Gasteiger partial charge on any atom is -0.490 e. The number of carbonyl (C=O) groups excluding carboxylic acids is 2. The van der Waals surface area contributed by atoms with E-state index in [0.717, 1.165) is 51.1 Å². The molecule has 1 aliphatic carbocycles. The summed E-state index contributed by atoms with van der Waals surface area (Å²) in [5.74, 6) is -0.875. The SMILES string of the molecule is C=CC(=O)OCC(COC(C)(C)c1ccc(C2(c3ccc(OCC(COC(=O)C=C)OC(=O)O)cc3)c3ccccc3-c3ccccc32)cc1)OO. The lowest BCUT2D eigenvalue weighted by molar-refractivity contribution is -0.298. The molecule has 11 heteroatoms. The largest absolute Gasteiger partial charge is 0.506 e. The average molecular weight is 709 g/mol. The number of ether oxygens (including phenoxy) is 5. The first-order valence-electron chi connectivity index (χ1n) is 16.5. The molecular weight excluding hydrogens is 668 g/mol. The molecule has 0 saturated carbocycles. The lowest BCUT2D eigenvalue weighted by Crippen LogP contribution is -2.32. The van der Waals surface area contributed by atoms with E-state index in [1.807, 2.05) is 74.5 Å². The summed E-state index contributed by atoms with van der Waals surface area (Å²) < 4.78 is 26.8. The van der Waals surface area contributed by atoms with Gasteiger partial charge in [-0.15, -0.1) is 0 Å². The maximum atomic E-state index is 11.5. The van der Waals surface area contributed by atoms with Crippen molar-refractivity contribution >= 4 is 18.1 Å². The number of esters is 2. The van der Waals surface area contributed by atoms with E-state index in [0.29, 0.717) is 5.75 Å². The Morgan fingerprint density at radius 1 is 0.712 bits per heavy atom. The molecule has 4 aromatic carbocycles. The highest BCUT2D eigenvalue weighted by Crippen LogP contribution is 2.56. The number of carbonyl (C=O) groups is 3. The molecule has 4 aromatic rings. The number of carboxylic acid groups (broad SMARTS) is 1. The Hall–Kier alpha value is -5.75. The molecule has 0 heterocycles. The Kier molecular flexibility index (Phi) is 11.9. The number of benzene rings is 4. The molecule has 2 N–H and O–H groups in total. The summed E-state index contributed by atoms with van der Waals surface area (Å²) >= 11 is 0. The van der Waals surface area contributed by atoms with Crippen LogP contribution in [-0.2, 0) is 44.4 Å². The number of hydrogen-bond donors (Lipinski definition) is 2. The van der Waals surface area contributed by atoms with Crippen LogP contribution in [-0.4, -0.2) is 67.1 Å². The lowest BCUT2D eigenvalue weighted by atomic mass is 9.67. The van der Waals surface area contributed by atoms with Gasteiger partial charge in [-0.3, -0.25) is 5.26 Å². The molecule has 270 valence electrons. The lowest BCUT2D eigenvalue weighted by Gasteiger charge is -2.35. The first-order valence-corrected chi connectivity index (χ1v) is 16.5. The summed E-state index contributed by atoms with van der Waals surface area (Å²) in [5, 5.41) is 18.5. The van der Waals surface area contributed by atoms with E-state index >= 15 is 0 Å². The molecule has 52 heavy (non-hydrogen) atoms. The average Bonchev–Trinajstić information content (AvgIpc) is 3.46. The first kappa shape index (κ1) is 37.5. The van der Waals surface area contributed by atoms with Crippen LogP contribution in [0, 0.1) is 0 Å². The van der Waals surface area contributed by atoms with Gasteiger partial charge >= 0.3 is 18.1 Å². The predicted molar refractivity (Wildman–Crippen MR) is 191 cm³/mol. The molecule has 0 radical (unpaired) electrons. The summed E-state index contributed by atoms with van der Waals surface area (Å²) in [7, 11) is 0. The summed E-state index contributed by atoms with van der Waals surface area (Å²) in [5.41, 5.74) is 5.75. The van der Waals surface area contributed by atoms with Crippen LogP contribution in [0.2, 0.25) is 0 Å². The number of hydrogen-bond acceptors (Lipinski definition) is 10. The van der Waals surface area contributed by atoms with Crippen LogP contribution >= 0.6 is 0 Å². The second-order valence-electron chi connectivity index (χ2n) is 12.5. The Labute approximate surface area is 301 Å². The predicted octanol–water partition coefficient (Wildman–Crippen LogP) is 7.06.